The minimum absolute atomic E-state index is 0.00597. The second-order valence-corrected chi connectivity index (χ2v) is 4.93. The van der Waals surface area contributed by atoms with E-state index in [1.54, 1.807) is 18.6 Å². The smallest absolute Gasteiger partial charge is 0.249 e. The van der Waals surface area contributed by atoms with Crippen LogP contribution >= 0.6 is 11.3 Å². The van der Waals surface area contributed by atoms with Gasteiger partial charge in [0, 0.05) is 43.4 Å². The third kappa shape index (κ3) is 6.32. The van der Waals surface area contributed by atoms with Gasteiger partial charge in [0.1, 0.15) is 0 Å². The number of carbonyl (C=O) groups is 2. The van der Waals surface area contributed by atoms with Gasteiger partial charge in [0.2, 0.25) is 11.8 Å². The predicted octanol–water partition coefficient (Wildman–Crippen LogP) is 0.0893. The summed E-state index contributed by atoms with van der Waals surface area (Å²) in [6.07, 6.45) is 0.414. The first-order valence-electron chi connectivity index (χ1n) is 5.97. The molecule has 19 heavy (non-hydrogen) atoms. The Bertz CT molecular complexity index is 420. The zero-order valence-electron chi connectivity index (χ0n) is 10.9. The average molecular weight is 285 g/mol. The standard InChI is InChI=1S/C12H19N3O3S/c1-18-5-4-15-11(16)2-3-14-7-10-6-9(8-19-10)12(13)17/h6,8,14H,2-5,7H2,1H3,(H2,13,17)(H,15,16). The van der Waals surface area contributed by atoms with Crippen LogP contribution in [0.15, 0.2) is 11.4 Å². The molecule has 0 radical (unpaired) electrons. The van der Waals surface area contributed by atoms with Crippen LogP contribution in [0, 0.1) is 0 Å². The van der Waals surface area contributed by atoms with Gasteiger partial charge in [0.25, 0.3) is 0 Å². The van der Waals surface area contributed by atoms with Crippen molar-refractivity contribution in [2.24, 2.45) is 5.73 Å². The van der Waals surface area contributed by atoms with E-state index in [4.69, 9.17) is 10.5 Å². The van der Waals surface area contributed by atoms with Crippen molar-refractivity contribution in [3.05, 3.63) is 21.9 Å². The van der Waals surface area contributed by atoms with Crippen LogP contribution in [0.4, 0.5) is 0 Å². The molecule has 0 aliphatic rings. The maximum atomic E-state index is 11.4. The number of primary amides is 1. The molecule has 6 nitrogen and oxygen atoms in total. The van der Waals surface area contributed by atoms with E-state index in [9.17, 15) is 9.59 Å². The third-order valence-electron chi connectivity index (χ3n) is 2.39. The largest absolute Gasteiger partial charge is 0.383 e. The molecule has 0 bridgehead atoms. The number of rotatable bonds is 9. The fourth-order valence-corrected chi connectivity index (χ4v) is 2.24. The van der Waals surface area contributed by atoms with E-state index in [0.29, 0.717) is 38.2 Å². The van der Waals surface area contributed by atoms with Crippen molar-refractivity contribution < 1.29 is 14.3 Å². The molecule has 0 fully saturated rings. The molecule has 106 valence electrons. The molecular weight excluding hydrogens is 266 g/mol. The van der Waals surface area contributed by atoms with E-state index < -0.39 is 5.91 Å². The fourth-order valence-electron chi connectivity index (χ4n) is 1.40. The zero-order chi connectivity index (χ0) is 14.1. The lowest BCUT2D eigenvalue weighted by molar-refractivity contribution is -0.121. The first-order chi connectivity index (χ1) is 9.13. The summed E-state index contributed by atoms with van der Waals surface area (Å²) in [5, 5.41) is 7.61. The van der Waals surface area contributed by atoms with Crippen LogP contribution in [0.5, 0.6) is 0 Å². The van der Waals surface area contributed by atoms with Crippen LogP contribution in [-0.2, 0) is 16.1 Å². The fraction of sp³-hybridized carbons (Fsp3) is 0.500. The molecule has 0 saturated heterocycles. The summed E-state index contributed by atoms with van der Waals surface area (Å²) in [5.41, 5.74) is 5.69. The lowest BCUT2D eigenvalue weighted by Gasteiger charge is -2.05. The topological polar surface area (TPSA) is 93.4 Å². The second kappa shape index (κ2) is 8.63. The van der Waals surface area contributed by atoms with Crippen molar-refractivity contribution in [1.29, 1.82) is 0 Å². The SMILES string of the molecule is COCCNC(=O)CCNCc1cc(C(N)=O)cs1. The normalized spacial score (nSPS) is 10.4. The highest BCUT2D eigenvalue weighted by Crippen LogP contribution is 2.13. The highest BCUT2D eigenvalue weighted by atomic mass is 32.1. The summed E-state index contributed by atoms with van der Waals surface area (Å²) in [4.78, 5) is 23.3. The quantitative estimate of drug-likeness (QED) is 0.561. The number of amides is 2. The van der Waals surface area contributed by atoms with E-state index in [0.717, 1.165) is 4.88 Å². The van der Waals surface area contributed by atoms with Gasteiger partial charge in [-0.15, -0.1) is 11.3 Å². The van der Waals surface area contributed by atoms with E-state index in [-0.39, 0.29) is 5.91 Å². The van der Waals surface area contributed by atoms with Gasteiger partial charge < -0.3 is 21.1 Å². The number of hydrogen-bond acceptors (Lipinski definition) is 5. The van der Waals surface area contributed by atoms with Gasteiger partial charge in [-0.1, -0.05) is 0 Å². The Hall–Kier alpha value is -1.44. The van der Waals surface area contributed by atoms with Gasteiger partial charge in [0.05, 0.1) is 12.2 Å². The number of ether oxygens (including phenoxy) is 1. The van der Waals surface area contributed by atoms with Gasteiger partial charge in [-0.25, -0.2) is 0 Å². The van der Waals surface area contributed by atoms with Crippen molar-refractivity contribution in [3.8, 4) is 0 Å². The number of thiophene rings is 1. The van der Waals surface area contributed by atoms with Crippen molar-refractivity contribution >= 4 is 23.2 Å². The molecule has 0 aromatic carbocycles. The highest BCUT2D eigenvalue weighted by Gasteiger charge is 2.05. The third-order valence-corrected chi connectivity index (χ3v) is 3.33. The van der Waals surface area contributed by atoms with Crippen LogP contribution in [0.25, 0.3) is 0 Å². The molecule has 1 aromatic rings. The molecule has 1 heterocycles. The molecular formula is C12H19N3O3S. The van der Waals surface area contributed by atoms with Gasteiger partial charge in [-0.2, -0.15) is 0 Å². The summed E-state index contributed by atoms with van der Waals surface area (Å²) in [6.45, 7) is 2.26. The summed E-state index contributed by atoms with van der Waals surface area (Å²) in [7, 11) is 1.59. The predicted molar refractivity (Wildman–Crippen MR) is 74.0 cm³/mol. The molecule has 0 spiro atoms. The number of nitrogens with one attached hydrogen (secondary N) is 2. The lowest BCUT2D eigenvalue weighted by atomic mass is 10.3. The van der Waals surface area contributed by atoms with E-state index in [1.165, 1.54) is 11.3 Å². The Morgan fingerprint density at radius 3 is 2.84 bits per heavy atom. The molecule has 0 aliphatic carbocycles. The van der Waals surface area contributed by atoms with E-state index in [2.05, 4.69) is 10.6 Å². The van der Waals surface area contributed by atoms with Crippen LogP contribution in [0.2, 0.25) is 0 Å². The van der Waals surface area contributed by atoms with Crippen molar-refractivity contribution in [2.75, 3.05) is 26.8 Å². The summed E-state index contributed by atoms with van der Waals surface area (Å²) in [5.74, 6) is -0.423. The molecule has 4 N–H and O–H groups in total. The highest BCUT2D eigenvalue weighted by molar-refractivity contribution is 7.10. The lowest BCUT2D eigenvalue weighted by Crippen LogP contribution is -2.29. The van der Waals surface area contributed by atoms with Crippen molar-refractivity contribution in [2.45, 2.75) is 13.0 Å². The van der Waals surface area contributed by atoms with E-state index >= 15 is 0 Å². The number of carbonyl (C=O) groups excluding carboxylic acids is 2. The summed E-state index contributed by atoms with van der Waals surface area (Å²) in [6, 6.07) is 1.76. The van der Waals surface area contributed by atoms with Gasteiger partial charge in [-0.05, 0) is 6.07 Å². The van der Waals surface area contributed by atoms with Crippen LogP contribution in [0.3, 0.4) is 0 Å². The minimum atomic E-state index is -0.417. The number of hydrogen-bond donors (Lipinski definition) is 3. The second-order valence-electron chi connectivity index (χ2n) is 3.94. The zero-order valence-corrected chi connectivity index (χ0v) is 11.7. The molecule has 0 aliphatic heterocycles. The van der Waals surface area contributed by atoms with Crippen molar-refractivity contribution in [3.63, 3.8) is 0 Å². The molecule has 0 unspecified atom stereocenters. The summed E-state index contributed by atoms with van der Waals surface area (Å²) >= 11 is 1.47. The Morgan fingerprint density at radius 1 is 1.42 bits per heavy atom. The van der Waals surface area contributed by atoms with Crippen LogP contribution in [0.1, 0.15) is 21.7 Å². The monoisotopic (exact) mass is 285 g/mol. The molecule has 0 saturated carbocycles. The Balaban J connectivity index is 2.13. The van der Waals surface area contributed by atoms with Crippen molar-refractivity contribution in [1.82, 2.24) is 10.6 Å². The molecule has 2 amide bonds. The molecule has 1 rings (SSSR count). The van der Waals surface area contributed by atoms with Gasteiger partial charge in [0.15, 0.2) is 0 Å². The van der Waals surface area contributed by atoms with Gasteiger partial charge >= 0.3 is 0 Å². The molecule has 1 aromatic heterocycles. The number of methoxy groups -OCH3 is 1. The average Bonchev–Trinajstić information content (AvgIpc) is 2.84. The maximum Gasteiger partial charge on any atom is 0.249 e. The van der Waals surface area contributed by atoms with Crippen LogP contribution in [-0.4, -0.2) is 38.6 Å². The first-order valence-corrected chi connectivity index (χ1v) is 6.85. The van der Waals surface area contributed by atoms with Gasteiger partial charge in [-0.3, -0.25) is 9.59 Å². The first kappa shape index (κ1) is 15.6. The maximum absolute atomic E-state index is 11.4. The Labute approximate surface area is 116 Å². The summed E-state index contributed by atoms with van der Waals surface area (Å²) < 4.78 is 4.83. The van der Waals surface area contributed by atoms with E-state index in [1.807, 2.05) is 0 Å². The Morgan fingerprint density at radius 2 is 2.21 bits per heavy atom. The van der Waals surface area contributed by atoms with Crippen LogP contribution < -0.4 is 16.4 Å². The Kier molecular flexibility index (Phi) is 7.09. The minimum Gasteiger partial charge on any atom is -0.383 e. The number of nitrogens with two attached hydrogens (primary N) is 1. The molecule has 0 atom stereocenters. The molecule has 7 heteroatoms.